The van der Waals surface area contributed by atoms with Crippen LogP contribution in [0.4, 0.5) is 4.39 Å². The van der Waals surface area contributed by atoms with E-state index in [1.165, 1.54) is 12.1 Å². The lowest BCUT2D eigenvalue weighted by molar-refractivity contribution is 0.178. The smallest absolute Gasteiger partial charge is 0.123 e. The van der Waals surface area contributed by atoms with E-state index in [1.807, 2.05) is 6.07 Å². The molecule has 0 aromatic heterocycles. The first-order valence-electron chi connectivity index (χ1n) is 5.36. The third-order valence-electron chi connectivity index (χ3n) is 2.59. The molecule has 2 aromatic carbocycles. The molecule has 1 atom stereocenters. The lowest BCUT2D eigenvalue weighted by Gasteiger charge is -2.11. The van der Waals surface area contributed by atoms with Crippen LogP contribution in [0.5, 0.6) is 5.75 Å². The molecule has 0 bridgehead atoms. The van der Waals surface area contributed by atoms with Crippen LogP contribution in [-0.2, 0) is 6.42 Å². The van der Waals surface area contributed by atoms with Crippen LogP contribution in [0.25, 0.3) is 0 Å². The SMILES string of the molecule is Oc1cccc(CC(O)c2ccc(F)cc2)c1. The van der Waals surface area contributed by atoms with Gasteiger partial charge in [-0.25, -0.2) is 4.39 Å². The number of hydrogen-bond donors (Lipinski definition) is 2. The van der Waals surface area contributed by atoms with Crippen molar-refractivity contribution in [3.63, 3.8) is 0 Å². The van der Waals surface area contributed by atoms with Crippen molar-refractivity contribution in [2.75, 3.05) is 0 Å². The van der Waals surface area contributed by atoms with Gasteiger partial charge < -0.3 is 10.2 Å². The third kappa shape index (κ3) is 3.04. The van der Waals surface area contributed by atoms with Crippen LogP contribution in [0.3, 0.4) is 0 Å². The summed E-state index contributed by atoms with van der Waals surface area (Å²) in [5, 5.41) is 19.3. The number of hydrogen-bond acceptors (Lipinski definition) is 2. The lowest BCUT2D eigenvalue weighted by atomic mass is 10.0. The average Bonchev–Trinajstić information content (AvgIpc) is 2.29. The monoisotopic (exact) mass is 232 g/mol. The zero-order valence-electron chi connectivity index (χ0n) is 9.18. The van der Waals surface area contributed by atoms with Gasteiger partial charge in [-0.1, -0.05) is 24.3 Å². The Morgan fingerprint density at radius 1 is 1.06 bits per heavy atom. The Hall–Kier alpha value is -1.87. The number of aliphatic hydroxyl groups excluding tert-OH is 1. The summed E-state index contributed by atoms with van der Waals surface area (Å²) >= 11 is 0. The van der Waals surface area contributed by atoms with E-state index in [4.69, 9.17) is 0 Å². The van der Waals surface area contributed by atoms with Gasteiger partial charge in [0.05, 0.1) is 6.10 Å². The van der Waals surface area contributed by atoms with E-state index in [9.17, 15) is 14.6 Å². The van der Waals surface area contributed by atoms with Crippen molar-refractivity contribution in [2.45, 2.75) is 12.5 Å². The Labute approximate surface area is 99.0 Å². The highest BCUT2D eigenvalue weighted by Crippen LogP contribution is 2.20. The molecule has 2 nitrogen and oxygen atoms in total. The van der Waals surface area contributed by atoms with E-state index in [0.717, 1.165) is 5.56 Å². The van der Waals surface area contributed by atoms with Crippen LogP contribution in [0.15, 0.2) is 48.5 Å². The Morgan fingerprint density at radius 3 is 2.41 bits per heavy atom. The maximum Gasteiger partial charge on any atom is 0.123 e. The number of phenols is 1. The minimum atomic E-state index is -0.697. The number of rotatable bonds is 3. The molecule has 0 radical (unpaired) electrons. The zero-order valence-corrected chi connectivity index (χ0v) is 9.18. The fraction of sp³-hybridized carbons (Fsp3) is 0.143. The molecule has 0 saturated heterocycles. The Bertz CT molecular complexity index is 494. The van der Waals surface area contributed by atoms with Crippen LogP contribution in [0.2, 0.25) is 0 Å². The molecule has 2 aromatic rings. The quantitative estimate of drug-likeness (QED) is 0.854. The summed E-state index contributed by atoms with van der Waals surface area (Å²) in [4.78, 5) is 0. The highest BCUT2D eigenvalue weighted by Gasteiger charge is 2.08. The van der Waals surface area contributed by atoms with Gasteiger partial charge in [-0.05, 0) is 35.4 Å². The first-order chi connectivity index (χ1) is 8.15. The molecule has 0 aliphatic carbocycles. The van der Waals surface area contributed by atoms with Crippen LogP contribution >= 0.6 is 0 Å². The Morgan fingerprint density at radius 2 is 1.76 bits per heavy atom. The van der Waals surface area contributed by atoms with Gasteiger partial charge >= 0.3 is 0 Å². The minimum absolute atomic E-state index is 0.175. The van der Waals surface area contributed by atoms with E-state index < -0.39 is 6.10 Å². The van der Waals surface area contributed by atoms with Crippen molar-refractivity contribution < 1.29 is 14.6 Å². The molecular formula is C14H13FO2. The number of phenolic OH excluding ortho intramolecular Hbond substituents is 1. The minimum Gasteiger partial charge on any atom is -0.508 e. The maximum absolute atomic E-state index is 12.7. The van der Waals surface area contributed by atoms with Crippen LogP contribution < -0.4 is 0 Å². The highest BCUT2D eigenvalue weighted by atomic mass is 19.1. The van der Waals surface area contributed by atoms with E-state index in [2.05, 4.69) is 0 Å². The molecule has 0 saturated carbocycles. The largest absolute Gasteiger partial charge is 0.508 e. The predicted molar refractivity (Wildman–Crippen MR) is 63.2 cm³/mol. The van der Waals surface area contributed by atoms with Crippen LogP contribution in [0, 0.1) is 5.82 Å². The molecule has 88 valence electrons. The molecule has 1 unspecified atom stereocenters. The molecule has 0 amide bonds. The van der Waals surface area contributed by atoms with Crippen molar-refractivity contribution in [3.8, 4) is 5.75 Å². The molecule has 2 N–H and O–H groups in total. The summed E-state index contributed by atoms with van der Waals surface area (Å²) in [6, 6.07) is 12.5. The zero-order chi connectivity index (χ0) is 12.3. The van der Waals surface area contributed by atoms with Gasteiger partial charge in [0.25, 0.3) is 0 Å². The van der Waals surface area contributed by atoms with Crippen molar-refractivity contribution in [3.05, 3.63) is 65.5 Å². The molecule has 3 heteroatoms. The summed E-state index contributed by atoms with van der Waals surface area (Å²) in [6.45, 7) is 0. The number of halogens is 1. The molecule has 0 fully saturated rings. The topological polar surface area (TPSA) is 40.5 Å². The first kappa shape index (κ1) is 11.6. The Kier molecular flexibility index (Phi) is 3.40. The number of aromatic hydroxyl groups is 1. The van der Waals surface area contributed by atoms with Gasteiger partial charge in [0, 0.05) is 6.42 Å². The number of benzene rings is 2. The second kappa shape index (κ2) is 4.97. The molecule has 0 aliphatic heterocycles. The molecule has 0 aliphatic rings. The van der Waals surface area contributed by atoms with E-state index in [-0.39, 0.29) is 11.6 Å². The number of aliphatic hydroxyl groups is 1. The maximum atomic E-state index is 12.7. The van der Waals surface area contributed by atoms with E-state index in [0.29, 0.717) is 12.0 Å². The Balaban J connectivity index is 2.11. The molecule has 17 heavy (non-hydrogen) atoms. The summed E-state index contributed by atoms with van der Waals surface area (Å²) in [5.74, 6) is -0.146. The summed E-state index contributed by atoms with van der Waals surface area (Å²) in [6.07, 6.45) is -0.308. The first-order valence-corrected chi connectivity index (χ1v) is 5.36. The highest BCUT2D eigenvalue weighted by molar-refractivity contribution is 5.29. The van der Waals surface area contributed by atoms with Gasteiger partial charge in [-0.15, -0.1) is 0 Å². The summed E-state index contributed by atoms with van der Waals surface area (Å²) < 4.78 is 12.7. The molecule has 0 spiro atoms. The molecular weight excluding hydrogens is 219 g/mol. The van der Waals surface area contributed by atoms with Crippen molar-refractivity contribution >= 4 is 0 Å². The van der Waals surface area contributed by atoms with Crippen molar-refractivity contribution in [2.24, 2.45) is 0 Å². The fourth-order valence-corrected chi connectivity index (χ4v) is 1.71. The van der Waals surface area contributed by atoms with E-state index >= 15 is 0 Å². The molecule has 2 rings (SSSR count). The van der Waals surface area contributed by atoms with Gasteiger partial charge in [0.2, 0.25) is 0 Å². The standard InChI is InChI=1S/C14H13FO2/c15-12-6-4-11(5-7-12)14(17)9-10-2-1-3-13(16)8-10/h1-8,14,16-17H,9H2. The van der Waals surface area contributed by atoms with Gasteiger partial charge in [0.1, 0.15) is 11.6 Å². The van der Waals surface area contributed by atoms with Crippen LogP contribution in [-0.4, -0.2) is 10.2 Å². The fourth-order valence-electron chi connectivity index (χ4n) is 1.71. The van der Waals surface area contributed by atoms with Crippen molar-refractivity contribution in [1.82, 2.24) is 0 Å². The molecule has 0 heterocycles. The lowest BCUT2D eigenvalue weighted by Crippen LogP contribution is -2.01. The second-order valence-corrected chi connectivity index (χ2v) is 3.94. The van der Waals surface area contributed by atoms with Gasteiger partial charge in [-0.2, -0.15) is 0 Å². The average molecular weight is 232 g/mol. The van der Waals surface area contributed by atoms with Crippen LogP contribution in [0.1, 0.15) is 17.2 Å². The normalized spacial score (nSPS) is 12.4. The summed E-state index contributed by atoms with van der Waals surface area (Å²) in [5.41, 5.74) is 1.50. The summed E-state index contributed by atoms with van der Waals surface area (Å²) in [7, 11) is 0. The van der Waals surface area contributed by atoms with Crippen molar-refractivity contribution in [1.29, 1.82) is 0 Å². The second-order valence-electron chi connectivity index (χ2n) is 3.94. The van der Waals surface area contributed by atoms with Gasteiger partial charge in [0.15, 0.2) is 0 Å². The third-order valence-corrected chi connectivity index (χ3v) is 2.59. The predicted octanol–water partition coefficient (Wildman–Crippen LogP) is 2.81. The van der Waals surface area contributed by atoms with E-state index in [1.54, 1.807) is 30.3 Å². The van der Waals surface area contributed by atoms with Gasteiger partial charge in [-0.3, -0.25) is 0 Å².